The van der Waals surface area contributed by atoms with Crippen molar-refractivity contribution in [1.29, 1.82) is 0 Å². The first-order chi connectivity index (χ1) is 16.0. The molecule has 0 radical (unpaired) electrons. The molecule has 0 bridgehead atoms. The molecule has 0 spiro atoms. The molecule has 34 heavy (non-hydrogen) atoms. The van der Waals surface area contributed by atoms with Crippen LogP contribution in [0.25, 0.3) is 0 Å². The Balaban J connectivity index is 2.00. The zero-order valence-electron chi connectivity index (χ0n) is 19.8. The van der Waals surface area contributed by atoms with Gasteiger partial charge in [-0.15, -0.1) is 0 Å². The van der Waals surface area contributed by atoms with E-state index in [1.54, 1.807) is 12.1 Å². The second kappa shape index (κ2) is 10.9. The molecule has 2 N–H and O–H groups in total. The molecule has 0 saturated carbocycles. The molecule has 1 aliphatic rings. The molecular formula is C25H32ClN3O4S. The normalized spacial score (nSPS) is 15.0. The molecule has 1 heterocycles. The number of fused-ring (bicyclic) bond motifs is 1. The number of primary amides is 1. The van der Waals surface area contributed by atoms with Crippen molar-refractivity contribution in [2.45, 2.75) is 57.5 Å². The molecule has 2 aromatic carbocycles. The van der Waals surface area contributed by atoms with Gasteiger partial charge in [-0.1, -0.05) is 44.5 Å². The number of hydrogen-bond donors (Lipinski definition) is 1. The SMILES string of the molecule is CCCN1CCc2cc(CN([C@H](CC(C)C)C(N)=O)S(=O)(=O)c3ccc(Cl)cc3)ccc2C1=O. The van der Waals surface area contributed by atoms with Crippen molar-refractivity contribution in [2.75, 3.05) is 13.1 Å². The number of sulfonamides is 1. The van der Waals surface area contributed by atoms with E-state index >= 15 is 0 Å². The predicted octanol–water partition coefficient (Wildman–Crippen LogP) is 3.84. The molecule has 0 fully saturated rings. The van der Waals surface area contributed by atoms with Gasteiger partial charge >= 0.3 is 0 Å². The number of halogens is 1. The van der Waals surface area contributed by atoms with E-state index in [1.807, 2.05) is 31.7 Å². The van der Waals surface area contributed by atoms with Crippen LogP contribution in [0.2, 0.25) is 5.02 Å². The van der Waals surface area contributed by atoms with Gasteiger partial charge in [-0.2, -0.15) is 4.31 Å². The first-order valence-corrected chi connectivity index (χ1v) is 13.3. The first kappa shape index (κ1) is 26.2. The van der Waals surface area contributed by atoms with Crippen molar-refractivity contribution in [1.82, 2.24) is 9.21 Å². The summed E-state index contributed by atoms with van der Waals surface area (Å²) in [6.07, 6.45) is 1.88. The van der Waals surface area contributed by atoms with Crippen LogP contribution in [0.3, 0.4) is 0 Å². The van der Waals surface area contributed by atoms with Crippen LogP contribution in [0, 0.1) is 5.92 Å². The summed E-state index contributed by atoms with van der Waals surface area (Å²) in [5, 5.41) is 0.413. The standard InChI is InChI=1S/C25H32ClN3O4S/c1-4-12-28-13-11-19-15-18(5-10-22(19)25(28)31)16-29(23(24(27)30)14-17(2)3)34(32,33)21-8-6-20(26)7-9-21/h5-10,15,17,23H,4,11-14,16H2,1-3H3,(H2,27,30)/t23-/m1/s1. The Morgan fingerprint density at radius 3 is 2.44 bits per heavy atom. The van der Waals surface area contributed by atoms with Crippen LogP contribution in [0.5, 0.6) is 0 Å². The van der Waals surface area contributed by atoms with Crippen LogP contribution in [0.1, 0.15) is 55.1 Å². The summed E-state index contributed by atoms with van der Waals surface area (Å²) < 4.78 is 28.5. The van der Waals surface area contributed by atoms with Crippen molar-refractivity contribution in [2.24, 2.45) is 11.7 Å². The molecule has 2 amide bonds. The average molecular weight is 506 g/mol. The Labute approximate surface area is 206 Å². The van der Waals surface area contributed by atoms with Crippen molar-refractivity contribution < 1.29 is 18.0 Å². The van der Waals surface area contributed by atoms with E-state index in [9.17, 15) is 18.0 Å². The van der Waals surface area contributed by atoms with E-state index in [2.05, 4.69) is 0 Å². The van der Waals surface area contributed by atoms with Crippen LogP contribution >= 0.6 is 11.6 Å². The van der Waals surface area contributed by atoms with E-state index in [1.165, 1.54) is 28.6 Å². The lowest BCUT2D eigenvalue weighted by molar-refractivity contribution is -0.122. The number of nitrogens with zero attached hydrogens (tertiary/aromatic N) is 2. The second-order valence-electron chi connectivity index (χ2n) is 9.09. The van der Waals surface area contributed by atoms with Gasteiger partial charge in [0, 0.05) is 30.2 Å². The first-order valence-electron chi connectivity index (χ1n) is 11.5. The van der Waals surface area contributed by atoms with Crippen LogP contribution < -0.4 is 5.73 Å². The Hall–Kier alpha value is -2.42. The van der Waals surface area contributed by atoms with Gasteiger partial charge in [-0.25, -0.2) is 8.42 Å². The highest BCUT2D eigenvalue weighted by atomic mass is 35.5. The Morgan fingerprint density at radius 1 is 1.18 bits per heavy atom. The highest BCUT2D eigenvalue weighted by Crippen LogP contribution is 2.27. The van der Waals surface area contributed by atoms with Crippen LogP contribution in [-0.2, 0) is 27.8 Å². The van der Waals surface area contributed by atoms with E-state index in [-0.39, 0.29) is 29.7 Å². The zero-order chi connectivity index (χ0) is 25.0. The molecule has 9 heteroatoms. The summed E-state index contributed by atoms with van der Waals surface area (Å²) in [7, 11) is -4.06. The number of carbonyl (C=O) groups is 2. The monoisotopic (exact) mass is 505 g/mol. The van der Waals surface area contributed by atoms with Crippen LogP contribution in [0.15, 0.2) is 47.4 Å². The number of benzene rings is 2. The maximum absolute atomic E-state index is 13.6. The van der Waals surface area contributed by atoms with E-state index < -0.39 is 22.0 Å². The van der Waals surface area contributed by atoms with Gasteiger partial charge in [0.2, 0.25) is 15.9 Å². The average Bonchev–Trinajstić information content (AvgIpc) is 2.78. The minimum atomic E-state index is -4.06. The largest absolute Gasteiger partial charge is 0.368 e. The molecule has 3 rings (SSSR count). The summed E-state index contributed by atoms with van der Waals surface area (Å²) in [6.45, 7) is 7.17. The minimum Gasteiger partial charge on any atom is -0.368 e. The number of rotatable bonds is 10. The number of hydrogen-bond acceptors (Lipinski definition) is 4. The van der Waals surface area contributed by atoms with Gasteiger partial charge < -0.3 is 10.6 Å². The molecule has 0 unspecified atom stereocenters. The highest BCUT2D eigenvalue weighted by molar-refractivity contribution is 7.89. The Morgan fingerprint density at radius 2 is 1.85 bits per heavy atom. The summed E-state index contributed by atoms with van der Waals surface area (Å²) in [5.41, 5.74) is 7.92. The molecule has 0 aromatic heterocycles. The smallest absolute Gasteiger partial charge is 0.254 e. The summed E-state index contributed by atoms with van der Waals surface area (Å²) >= 11 is 5.95. The number of carbonyl (C=O) groups excluding carboxylic acids is 2. The fraction of sp³-hybridized carbons (Fsp3) is 0.440. The van der Waals surface area contributed by atoms with E-state index in [0.717, 1.165) is 12.0 Å². The van der Waals surface area contributed by atoms with E-state index in [4.69, 9.17) is 17.3 Å². The van der Waals surface area contributed by atoms with Gasteiger partial charge in [0.05, 0.1) is 4.90 Å². The van der Waals surface area contributed by atoms with Gasteiger partial charge in [-0.3, -0.25) is 9.59 Å². The molecular weight excluding hydrogens is 474 g/mol. The lowest BCUT2D eigenvalue weighted by Crippen LogP contribution is -2.48. The van der Waals surface area contributed by atoms with Crippen molar-refractivity contribution >= 4 is 33.4 Å². The molecule has 1 aliphatic heterocycles. The third-order valence-electron chi connectivity index (χ3n) is 5.96. The van der Waals surface area contributed by atoms with Crippen molar-refractivity contribution in [3.63, 3.8) is 0 Å². The maximum Gasteiger partial charge on any atom is 0.254 e. The Bertz CT molecular complexity index is 1150. The molecule has 184 valence electrons. The second-order valence-corrected chi connectivity index (χ2v) is 11.4. The summed E-state index contributed by atoms with van der Waals surface area (Å²) in [4.78, 5) is 27.1. The predicted molar refractivity (Wildman–Crippen MR) is 133 cm³/mol. The maximum atomic E-state index is 13.6. The van der Waals surface area contributed by atoms with E-state index in [0.29, 0.717) is 35.7 Å². The third-order valence-corrected chi connectivity index (χ3v) is 8.08. The number of amides is 2. The van der Waals surface area contributed by atoms with Crippen molar-refractivity contribution in [3.8, 4) is 0 Å². The lowest BCUT2D eigenvalue weighted by Gasteiger charge is -2.31. The fourth-order valence-electron chi connectivity index (χ4n) is 4.28. The van der Waals surface area contributed by atoms with Crippen LogP contribution in [0.4, 0.5) is 0 Å². The molecule has 0 aliphatic carbocycles. The quantitative estimate of drug-likeness (QED) is 0.530. The van der Waals surface area contributed by atoms with Gasteiger partial charge in [0.1, 0.15) is 6.04 Å². The topological polar surface area (TPSA) is 101 Å². The Kier molecular flexibility index (Phi) is 8.38. The minimum absolute atomic E-state index is 0.00453. The highest BCUT2D eigenvalue weighted by Gasteiger charge is 2.36. The third kappa shape index (κ3) is 5.79. The van der Waals surface area contributed by atoms with Gasteiger partial charge in [0.25, 0.3) is 5.91 Å². The summed E-state index contributed by atoms with van der Waals surface area (Å²) in [6, 6.07) is 10.2. The molecule has 0 saturated heterocycles. The number of nitrogens with two attached hydrogens (primary N) is 1. The van der Waals surface area contributed by atoms with Gasteiger partial charge in [-0.05, 0) is 66.6 Å². The fourth-order valence-corrected chi connectivity index (χ4v) is 6.00. The molecule has 2 aromatic rings. The van der Waals surface area contributed by atoms with Gasteiger partial charge in [0.15, 0.2) is 0 Å². The summed E-state index contributed by atoms with van der Waals surface area (Å²) in [5.74, 6) is -0.657. The lowest BCUT2D eigenvalue weighted by atomic mass is 9.96. The zero-order valence-corrected chi connectivity index (χ0v) is 21.4. The van der Waals surface area contributed by atoms with Crippen LogP contribution in [-0.4, -0.2) is 48.6 Å². The molecule has 7 nitrogen and oxygen atoms in total. The van der Waals surface area contributed by atoms with Crippen molar-refractivity contribution in [3.05, 3.63) is 64.2 Å². The molecule has 1 atom stereocenters.